The maximum absolute atomic E-state index is 13.2. The standard InChI is InChI=1S/C26H25N3O3S/c1-28(17-20-12-6-9-15-23(20)32-2)24(30)18-33-26-27-22-14-8-7-13-21(22)25(31)29(26)16-19-10-4-3-5-11-19/h3-15H,16-18H2,1-2H3. The molecule has 4 rings (SSSR count). The summed E-state index contributed by atoms with van der Waals surface area (Å²) in [6, 6.07) is 24.7. The van der Waals surface area contributed by atoms with Crippen LogP contribution < -0.4 is 10.3 Å². The Labute approximate surface area is 196 Å². The summed E-state index contributed by atoms with van der Waals surface area (Å²) in [5.41, 5.74) is 2.45. The Hall–Kier alpha value is -3.58. The number of ether oxygens (including phenoxy) is 1. The minimum absolute atomic E-state index is 0.0559. The molecule has 1 aromatic heterocycles. The van der Waals surface area contributed by atoms with Gasteiger partial charge in [0.05, 0.1) is 30.3 Å². The third-order valence-electron chi connectivity index (χ3n) is 5.36. The van der Waals surface area contributed by atoms with Crippen LogP contribution in [0.25, 0.3) is 10.9 Å². The lowest BCUT2D eigenvalue weighted by Crippen LogP contribution is -2.29. The Balaban J connectivity index is 1.56. The van der Waals surface area contributed by atoms with E-state index >= 15 is 0 Å². The van der Waals surface area contributed by atoms with Crippen molar-refractivity contribution in [2.75, 3.05) is 19.9 Å². The van der Waals surface area contributed by atoms with Gasteiger partial charge in [0.15, 0.2) is 5.16 Å². The molecule has 0 aliphatic heterocycles. The van der Waals surface area contributed by atoms with Crippen molar-refractivity contribution in [3.63, 3.8) is 0 Å². The zero-order valence-electron chi connectivity index (χ0n) is 18.6. The van der Waals surface area contributed by atoms with Gasteiger partial charge >= 0.3 is 0 Å². The molecule has 3 aromatic carbocycles. The molecular formula is C26H25N3O3S. The van der Waals surface area contributed by atoms with Crippen molar-refractivity contribution in [3.05, 3.63) is 100 Å². The molecule has 1 amide bonds. The maximum Gasteiger partial charge on any atom is 0.262 e. The average Bonchev–Trinajstić information content (AvgIpc) is 2.85. The van der Waals surface area contributed by atoms with E-state index in [9.17, 15) is 9.59 Å². The molecule has 4 aromatic rings. The van der Waals surface area contributed by atoms with Crippen LogP contribution in [0.15, 0.2) is 88.8 Å². The summed E-state index contributed by atoms with van der Waals surface area (Å²) in [4.78, 5) is 32.5. The van der Waals surface area contributed by atoms with E-state index in [4.69, 9.17) is 9.72 Å². The minimum Gasteiger partial charge on any atom is -0.496 e. The number of rotatable bonds is 8. The fraction of sp³-hybridized carbons (Fsp3) is 0.192. The fourth-order valence-electron chi connectivity index (χ4n) is 3.58. The van der Waals surface area contributed by atoms with E-state index < -0.39 is 0 Å². The molecule has 0 bridgehead atoms. The Morgan fingerprint density at radius 2 is 1.70 bits per heavy atom. The number of aromatic nitrogens is 2. The summed E-state index contributed by atoms with van der Waals surface area (Å²) >= 11 is 1.28. The molecule has 6 nitrogen and oxygen atoms in total. The topological polar surface area (TPSA) is 64.4 Å². The van der Waals surface area contributed by atoms with E-state index in [1.54, 1.807) is 29.7 Å². The predicted molar refractivity (Wildman–Crippen MR) is 132 cm³/mol. The number of para-hydroxylation sites is 2. The van der Waals surface area contributed by atoms with Crippen LogP contribution in [0.5, 0.6) is 5.75 Å². The molecule has 0 aliphatic carbocycles. The molecule has 0 aliphatic rings. The highest BCUT2D eigenvalue weighted by Gasteiger charge is 2.16. The van der Waals surface area contributed by atoms with Gasteiger partial charge in [-0.2, -0.15) is 0 Å². The lowest BCUT2D eigenvalue weighted by Gasteiger charge is -2.19. The van der Waals surface area contributed by atoms with Gasteiger partial charge < -0.3 is 9.64 Å². The van der Waals surface area contributed by atoms with Gasteiger partial charge in [-0.15, -0.1) is 0 Å². The first-order valence-electron chi connectivity index (χ1n) is 10.6. The molecule has 168 valence electrons. The highest BCUT2D eigenvalue weighted by molar-refractivity contribution is 7.99. The first-order valence-corrected chi connectivity index (χ1v) is 11.6. The van der Waals surface area contributed by atoms with Crippen LogP contribution in [0, 0.1) is 0 Å². The molecule has 0 saturated carbocycles. The molecule has 7 heteroatoms. The van der Waals surface area contributed by atoms with Crippen molar-refractivity contribution < 1.29 is 9.53 Å². The summed E-state index contributed by atoms with van der Waals surface area (Å²) in [5, 5.41) is 1.10. The SMILES string of the molecule is COc1ccccc1CN(C)C(=O)CSc1nc2ccccc2c(=O)n1Cc1ccccc1. The minimum atomic E-state index is -0.109. The number of methoxy groups -OCH3 is 1. The molecule has 0 N–H and O–H groups in total. The summed E-state index contributed by atoms with van der Waals surface area (Å²) in [6.07, 6.45) is 0. The van der Waals surface area contributed by atoms with Gasteiger partial charge in [-0.1, -0.05) is 72.4 Å². The number of fused-ring (bicyclic) bond motifs is 1. The number of hydrogen-bond acceptors (Lipinski definition) is 5. The number of benzene rings is 3. The Morgan fingerprint density at radius 1 is 1.00 bits per heavy atom. The van der Waals surface area contributed by atoms with Crippen molar-refractivity contribution in [2.45, 2.75) is 18.2 Å². The lowest BCUT2D eigenvalue weighted by atomic mass is 10.2. The average molecular weight is 460 g/mol. The van der Waals surface area contributed by atoms with Gasteiger partial charge in [0.1, 0.15) is 5.75 Å². The molecule has 0 spiro atoms. The van der Waals surface area contributed by atoms with E-state index in [1.807, 2.05) is 72.8 Å². The summed E-state index contributed by atoms with van der Waals surface area (Å²) in [5.74, 6) is 0.864. The largest absolute Gasteiger partial charge is 0.496 e. The Bertz CT molecular complexity index is 1320. The van der Waals surface area contributed by atoms with Crippen LogP contribution in [0.4, 0.5) is 0 Å². The number of carbonyl (C=O) groups excluding carboxylic acids is 1. The van der Waals surface area contributed by atoms with Gasteiger partial charge in [-0.05, 0) is 23.8 Å². The predicted octanol–water partition coefficient (Wildman–Crippen LogP) is 4.20. The zero-order chi connectivity index (χ0) is 23.2. The second-order valence-corrected chi connectivity index (χ2v) is 8.58. The van der Waals surface area contributed by atoms with Gasteiger partial charge in [-0.25, -0.2) is 4.98 Å². The second kappa shape index (κ2) is 10.4. The van der Waals surface area contributed by atoms with Gasteiger partial charge in [0.25, 0.3) is 5.56 Å². The van der Waals surface area contributed by atoms with Crippen molar-refractivity contribution in [3.8, 4) is 5.75 Å². The van der Waals surface area contributed by atoms with Crippen LogP contribution in [0.3, 0.4) is 0 Å². The number of carbonyl (C=O) groups is 1. The third-order valence-corrected chi connectivity index (χ3v) is 6.32. The van der Waals surface area contributed by atoms with Crippen LogP contribution >= 0.6 is 11.8 Å². The summed E-state index contributed by atoms with van der Waals surface area (Å²) in [6.45, 7) is 0.830. The zero-order valence-corrected chi connectivity index (χ0v) is 19.4. The Kier molecular flexibility index (Phi) is 7.10. The highest BCUT2D eigenvalue weighted by atomic mass is 32.2. The van der Waals surface area contributed by atoms with Crippen LogP contribution in [0.1, 0.15) is 11.1 Å². The molecule has 0 unspecified atom stereocenters. The number of nitrogens with zero attached hydrogens (tertiary/aromatic N) is 3. The smallest absolute Gasteiger partial charge is 0.262 e. The maximum atomic E-state index is 13.2. The number of hydrogen-bond donors (Lipinski definition) is 0. The quantitative estimate of drug-likeness (QED) is 0.292. The number of amides is 1. The van der Waals surface area contributed by atoms with Crippen molar-refractivity contribution in [2.24, 2.45) is 0 Å². The second-order valence-electron chi connectivity index (χ2n) is 7.64. The van der Waals surface area contributed by atoms with Crippen molar-refractivity contribution in [1.82, 2.24) is 14.5 Å². The van der Waals surface area contributed by atoms with Gasteiger partial charge in [0, 0.05) is 19.2 Å². The monoisotopic (exact) mass is 459 g/mol. The van der Waals surface area contributed by atoms with Gasteiger partial charge in [-0.3, -0.25) is 14.2 Å². The van der Waals surface area contributed by atoms with Crippen LogP contribution in [-0.2, 0) is 17.9 Å². The van der Waals surface area contributed by atoms with E-state index in [2.05, 4.69) is 0 Å². The molecule has 0 fully saturated rings. The third kappa shape index (κ3) is 5.26. The van der Waals surface area contributed by atoms with Crippen LogP contribution in [-0.4, -0.2) is 40.3 Å². The van der Waals surface area contributed by atoms with E-state index in [0.717, 1.165) is 16.9 Å². The van der Waals surface area contributed by atoms with E-state index in [1.165, 1.54) is 11.8 Å². The van der Waals surface area contributed by atoms with Crippen LogP contribution in [0.2, 0.25) is 0 Å². The molecule has 33 heavy (non-hydrogen) atoms. The molecule has 1 heterocycles. The molecule has 0 atom stereocenters. The van der Waals surface area contributed by atoms with Crippen molar-refractivity contribution in [1.29, 1.82) is 0 Å². The lowest BCUT2D eigenvalue weighted by molar-refractivity contribution is -0.127. The summed E-state index contributed by atoms with van der Waals surface area (Å²) in [7, 11) is 3.38. The number of thioether (sulfide) groups is 1. The van der Waals surface area contributed by atoms with E-state index in [0.29, 0.717) is 29.1 Å². The first kappa shape index (κ1) is 22.6. The first-order chi connectivity index (χ1) is 16.1. The van der Waals surface area contributed by atoms with Crippen molar-refractivity contribution >= 4 is 28.6 Å². The normalized spacial score (nSPS) is 10.8. The fourth-order valence-corrected chi connectivity index (χ4v) is 4.52. The Morgan fingerprint density at radius 3 is 2.48 bits per heavy atom. The molecule has 0 saturated heterocycles. The van der Waals surface area contributed by atoms with E-state index in [-0.39, 0.29) is 17.2 Å². The summed E-state index contributed by atoms with van der Waals surface area (Å²) < 4.78 is 7.04. The van der Waals surface area contributed by atoms with Gasteiger partial charge in [0.2, 0.25) is 5.91 Å². The molecular weight excluding hydrogens is 434 g/mol. The molecule has 0 radical (unpaired) electrons. The highest BCUT2D eigenvalue weighted by Crippen LogP contribution is 2.22.